The highest BCUT2D eigenvalue weighted by Gasteiger charge is 2.08. The fourth-order valence-electron chi connectivity index (χ4n) is 3.07. The third kappa shape index (κ3) is 6.05. The molecule has 0 bridgehead atoms. The fourth-order valence-corrected chi connectivity index (χ4v) is 3.27. The maximum atomic E-state index is 11.6. The Kier molecular flexibility index (Phi) is 7.82. The van der Waals surface area contributed by atoms with Crippen LogP contribution in [-0.2, 0) is 4.84 Å². The predicted molar refractivity (Wildman–Crippen MR) is 119 cm³/mol. The molecule has 3 rings (SSSR count). The van der Waals surface area contributed by atoms with Crippen molar-refractivity contribution in [2.24, 2.45) is 5.90 Å². The van der Waals surface area contributed by atoms with Crippen molar-refractivity contribution in [2.45, 2.75) is 6.10 Å². The van der Waals surface area contributed by atoms with Crippen molar-refractivity contribution in [1.82, 2.24) is 5.32 Å². The van der Waals surface area contributed by atoms with Gasteiger partial charge in [0.25, 0.3) is 0 Å². The summed E-state index contributed by atoms with van der Waals surface area (Å²) in [6.45, 7) is 1.80. The molecular formula is C23H24ClN3O3. The van der Waals surface area contributed by atoms with Crippen LogP contribution in [0.2, 0.25) is 5.02 Å². The average Bonchev–Trinajstić information content (AvgIpc) is 2.78. The van der Waals surface area contributed by atoms with Crippen molar-refractivity contribution in [1.29, 1.82) is 0 Å². The highest BCUT2D eigenvalue weighted by Crippen LogP contribution is 2.24. The van der Waals surface area contributed by atoms with Crippen molar-refractivity contribution in [3.63, 3.8) is 0 Å². The smallest absolute Gasteiger partial charge is 0.356 e. The zero-order chi connectivity index (χ0) is 21.3. The Morgan fingerprint density at radius 1 is 1.00 bits per heavy atom. The monoisotopic (exact) mass is 425 g/mol. The van der Waals surface area contributed by atoms with E-state index in [0.29, 0.717) is 30.2 Å². The summed E-state index contributed by atoms with van der Waals surface area (Å²) in [4.78, 5) is 15.9. The number of carbonyl (C=O) groups is 1. The molecule has 0 saturated carbocycles. The molecule has 0 saturated heterocycles. The van der Waals surface area contributed by atoms with Gasteiger partial charge in [0.1, 0.15) is 0 Å². The van der Waals surface area contributed by atoms with Gasteiger partial charge in [-0.1, -0.05) is 48.0 Å². The number of hydrogen-bond acceptors (Lipinski definition) is 6. The number of aliphatic hydroxyl groups is 1. The molecule has 0 amide bonds. The highest BCUT2D eigenvalue weighted by molar-refractivity contribution is 6.30. The van der Waals surface area contributed by atoms with E-state index < -0.39 is 12.1 Å². The maximum Gasteiger partial charge on any atom is 0.356 e. The van der Waals surface area contributed by atoms with Crippen LogP contribution in [-0.4, -0.2) is 30.7 Å². The Morgan fingerprint density at radius 2 is 1.73 bits per heavy atom. The number of nitrogens with two attached hydrogens (primary N) is 1. The van der Waals surface area contributed by atoms with Gasteiger partial charge in [-0.15, -0.1) is 0 Å². The molecule has 1 atom stereocenters. The number of benzene rings is 3. The van der Waals surface area contributed by atoms with Crippen LogP contribution in [0.1, 0.15) is 22.0 Å². The number of carbonyl (C=O) groups excluding carboxylic acids is 1. The van der Waals surface area contributed by atoms with E-state index in [-0.39, 0.29) is 0 Å². The number of hydrogen-bond donors (Lipinski definition) is 4. The van der Waals surface area contributed by atoms with Crippen molar-refractivity contribution in [2.75, 3.05) is 25.0 Å². The molecule has 30 heavy (non-hydrogen) atoms. The molecule has 0 aliphatic heterocycles. The zero-order valence-corrected chi connectivity index (χ0v) is 17.1. The van der Waals surface area contributed by atoms with Gasteiger partial charge in [0, 0.05) is 30.3 Å². The minimum Gasteiger partial charge on any atom is -0.387 e. The quantitative estimate of drug-likeness (QED) is 0.308. The normalized spacial score (nSPS) is 11.7. The summed E-state index contributed by atoms with van der Waals surface area (Å²) in [5.41, 5.74) is 4.00. The second-order valence-electron chi connectivity index (χ2n) is 6.77. The van der Waals surface area contributed by atoms with E-state index in [0.717, 1.165) is 22.4 Å². The molecule has 156 valence electrons. The minimum absolute atomic E-state index is 0.399. The average molecular weight is 426 g/mol. The molecule has 7 heteroatoms. The van der Waals surface area contributed by atoms with Crippen LogP contribution in [0, 0.1) is 0 Å². The number of aliphatic hydroxyl groups excluding tert-OH is 1. The van der Waals surface area contributed by atoms with Crippen molar-refractivity contribution in [3.8, 4) is 11.1 Å². The molecule has 0 unspecified atom stereocenters. The summed E-state index contributed by atoms with van der Waals surface area (Å²) < 4.78 is 0. The van der Waals surface area contributed by atoms with E-state index in [1.165, 1.54) is 0 Å². The van der Waals surface area contributed by atoms with E-state index in [2.05, 4.69) is 15.5 Å². The number of anilines is 1. The molecule has 6 nitrogen and oxygen atoms in total. The van der Waals surface area contributed by atoms with Crippen LogP contribution in [0.15, 0.2) is 72.8 Å². The van der Waals surface area contributed by atoms with E-state index in [1.807, 2.05) is 42.5 Å². The molecule has 0 radical (unpaired) electrons. The van der Waals surface area contributed by atoms with Gasteiger partial charge in [-0.3, -0.25) is 0 Å². The third-order valence-electron chi connectivity index (χ3n) is 4.60. The molecule has 0 aliphatic rings. The molecule has 0 spiro atoms. The SMILES string of the molecule is NOC(=O)c1cccc(-c2cccc(NCCNC[C@H](O)c3cccc(Cl)c3)c2)c1. The second-order valence-corrected chi connectivity index (χ2v) is 7.21. The Balaban J connectivity index is 1.51. The lowest BCUT2D eigenvalue weighted by Gasteiger charge is -2.13. The summed E-state index contributed by atoms with van der Waals surface area (Å²) in [5.74, 6) is 4.40. The van der Waals surface area contributed by atoms with Gasteiger partial charge in [0.15, 0.2) is 0 Å². The van der Waals surface area contributed by atoms with Crippen molar-refractivity contribution < 1.29 is 14.7 Å². The maximum absolute atomic E-state index is 11.6. The summed E-state index contributed by atoms with van der Waals surface area (Å²) in [5, 5.41) is 17.4. The first-order valence-electron chi connectivity index (χ1n) is 9.56. The van der Waals surface area contributed by atoms with Crippen LogP contribution in [0.25, 0.3) is 11.1 Å². The zero-order valence-electron chi connectivity index (χ0n) is 16.3. The first kappa shape index (κ1) is 21.8. The van der Waals surface area contributed by atoms with Crippen LogP contribution in [0.3, 0.4) is 0 Å². The van der Waals surface area contributed by atoms with E-state index in [4.69, 9.17) is 17.5 Å². The van der Waals surface area contributed by atoms with Crippen LogP contribution in [0.5, 0.6) is 0 Å². The first-order valence-corrected chi connectivity index (χ1v) is 9.94. The second kappa shape index (κ2) is 10.8. The Labute approximate surface area is 180 Å². The lowest BCUT2D eigenvalue weighted by atomic mass is 10.0. The Bertz CT molecular complexity index is 997. The van der Waals surface area contributed by atoms with E-state index >= 15 is 0 Å². The van der Waals surface area contributed by atoms with Gasteiger partial charge in [0.2, 0.25) is 0 Å². The van der Waals surface area contributed by atoms with Gasteiger partial charge in [0.05, 0.1) is 11.7 Å². The summed E-state index contributed by atoms with van der Waals surface area (Å²) in [6, 6.07) is 22.2. The minimum atomic E-state index is -0.612. The lowest BCUT2D eigenvalue weighted by Crippen LogP contribution is -2.26. The van der Waals surface area contributed by atoms with Gasteiger partial charge < -0.3 is 20.6 Å². The van der Waals surface area contributed by atoms with E-state index in [9.17, 15) is 9.90 Å². The first-order chi connectivity index (χ1) is 14.6. The molecular weight excluding hydrogens is 402 g/mol. The topological polar surface area (TPSA) is 96.6 Å². The van der Waals surface area contributed by atoms with Crippen LogP contribution >= 0.6 is 11.6 Å². The number of halogens is 1. The summed E-state index contributed by atoms with van der Waals surface area (Å²) in [6.07, 6.45) is -0.612. The molecule has 3 aromatic carbocycles. The highest BCUT2D eigenvalue weighted by atomic mass is 35.5. The standard InChI is InChI=1S/C23H24ClN3O3/c24-20-8-2-6-18(13-20)22(28)15-26-10-11-27-21-9-3-5-17(14-21)16-4-1-7-19(12-16)23(29)30-25/h1-9,12-14,22,26-28H,10-11,15,25H2/t22-/m0/s1. The van der Waals surface area contributed by atoms with Gasteiger partial charge >= 0.3 is 5.97 Å². The van der Waals surface area contributed by atoms with Crippen LogP contribution < -0.4 is 16.5 Å². The lowest BCUT2D eigenvalue weighted by molar-refractivity contribution is 0.0503. The summed E-state index contributed by atoms with van der Waals surface area (Å²) >= 11 is 5.96. The molecule has 5 N–H and O–H groups in total. The Hall–Kier alpha value is -2.90. The predicted octanol–water partition coefficient (Wildman–Crippen LogP) is 3.77. The molecule has 0 fully saturated rings. The van der Waals surface area contributed by atoms with E-state index in [1.54, 1.807) is 30.3 Å². The van der Waals surface area contributed by atoms with Crippen molar-refractivity contribution in [3.05, 3.63) is 88.9 Å². The number of nitrogens with one attached hydrogen (secondary N) is 2. The molecule has 3 aromatic rings. The van der Waals surface area contributed by atoms with Gasteiger partial charge in [-0.25, -0.2) is 4.79 Å². The van der Waals surface area contributed by atoms with Gasteiger partial charge in [-0.2, -0.15) is 5.90 Å². The summed E-state index contributed by atoms with van der Waals surface area (Å²) in [7, 11) is 0. The largest absolute Gasteiger partial charge is 0.387 e. The molecule has 0 heterocycles. The van der Waals surface area contributed by atoms with Gasteiger partial charge in [-0.05, 0) is 53.1 Å². The third-order valence-corrected chi connectivity index (χ3v) is 4.84. The van der Waals surface area contributed by atoms with Crippen molar-refractivity contribution >= 4 is 23.3 Å². The molecule has 0 aromatic heterocycles. The fraction of sp³-hybridized carbons (Fsp3) is 0.174. The Morgan fingerprint density at radius 3 is 2.50 bits per heavy atom. The van der Waals surface area contributed by atoms with Crippen LogP contribution in [0.4, 0.5) is 5.69 Å². The molecule has 0 aliphatic carbocycles. The number of rotatable bonds is 9.